The molecule has 4 nitrogen and oxygen atoms in total. The maximum atomic E-state index is 13.0. The van der Waals surface area contributed by atoms with Crippen LogP contribution in [0.2, 0.25) is 6.04 Å². The van der Waals surface area contributed by atoms with Gasteiger partial charge in [0.1, 0.15) is 13.0 Å². The van der Waals surface area contributed by atoms with E-state index < -0.39 is 15.9 Å². The Morgan fingerprint density at radius 2 is 1.38 bits per heavy atom. The first kappa shape index (κ1) is 21.3. The van der Waals surface area contributed by atoms with Crippen molar-refractivity contribution in [3.05, 3.63) is 0 Å². The van der Waals surface area contributed by atoms with Crippen LogP contribution in [-0.4, -0.2) is 40.2 Å². The highest BCUT2D eigenvalue weighted by Gasteiger charge is 2.44. The molecule has 0 saturated carbocycles. The first-order valence-corrected chi connectivity index (χ1v) is 12.6. The molecule has 0 aliphatic heterocycles. The van der Waals surface area contributed by atoms with Gasteiger partial charge in [0.05, 0.1) is 0 Å². The fourth-order valence-corrected chi connectivity index (χ4v) is 7.85. The van der Waals surface area contributed by atoms with E-state index in [-0.39, 0.29) is 5.85 Å². The average Bonchev–Trinajstić information content (AvgIpc) is 2.54. The van der Waals surface area contributed by atoms with E-state index in [0.29, 0.717) is 25.5 Å². The zero-order valence-electron chi connectivity index (χ0n) is 14.8. The van der Waals surface area contributed by atoms with Crippen molar-refractivity contribution >= 4 is 15.9 Å². The third-order valence-corrected chi connectivity index (χ3v) is 10.4. The van der Waals surface area contributed by atoms with Gasteiger partial charge in [-0.1, -0.05) is 41.5 Å². The smallest absolute Gasteiger partial charge is 0.373 e. The monoisotopic (exact) mass is 338 g/mol. The van der Waals surface area contributed by atoms with Crippen LogP contribution in [0.1, 0.15) is 60.8 Å². The predicted molar refractivity (Wildman–Crippen MR) is 92.6 cm³/mol. The van der Waals surface area contributed by atoms with Crippen LogP contribution in [0.5, 0.6) is 0 Å². The van der Waals surface area contributed by atoms with Gasteiger partial charge in [0.15, 0.2) is 0 Å². The van der Waals surface area contributed by atoms with Crippen LogP contribution in [-0.2, 0) is 17.8 Å². The van der Waals surface area contributed by atoms with E-state index in [1.54, 1.807) is 0 Å². The second-order valence-corrected chi connectivity index (χ2v) is 11.9. The molecule has 0 radical (unpaired) electrons. The molecule has 1 atom stereocenters. The zero-order valence-corrected chi connectivity index (χ0v) is 16.7. The van der Waals surface area contributed by atoms with Crippen LogP contribution in [0.3, 0.4) is 0 Å². The summed E-state index contributed by atoms with van der Waals surface area (Å²) in [4.78, 5) is 0. The van der Waals surface area contributed by atoms with E-state index in [1.165, 1.54) is 0 Å². The molecular weight excluding hydrogens is 303 g/mol. The number of rotatable bonds is 13. The number of hydrogen-bond donors (Lipinski definition) is 0. The largest absolute Gasteiger partial charge is 0.501 e. The van der Waals surface area contributed by atoms with Crippen LogP contribution >= 0.6 is 7.14 Å². The van der Waals surface area contributed by atoms with E-state index in [4.69, 9.17) is 13.3 Å². The van der Waals surface area contributed by atoms with Gasteiger partial charge in [-0.25, -0.2) is 0 Å². The van der Waals surface area contributed by atoms with Crippen LogP contribution in [0.15, 0.2) is 0 Å². The Labute approximate surface area is 132 Å². The molecular formula is C15H35O4PSi. The van der Waals surface area contributed by atoms with E-state index in [2.05, 4.69) is 13.8 Å². The molecule has 0 bridgehead atoms. The van der Waals surface area contributed by atoms with Crippen molar-refractivity contribution in [1.82, 2.24) is 0 Å². The molecule has 0 aromatic rings. The lowest BCUT2D eigenvalue weighted by atomic mass is 10.5. The summed E-state index contributed by atoms with van der Waals surface area (Å²) in [5, 5.41) is 0. The Morgan fingerprint density at radius 1 is 0.905 bits per heavy atom. The molecule has 0 aromatic carbocycles. The summed E-state index contributed by atoms with van der Waals surface area (Å²) in [6, 6.07) is 0.733. The summed E-state index contributed by atoms with van der Waals surface area (Å²) in [5.41, 5.74) is 0. The van der Waals surface area contributed by atoms with Gasteiger partial charge in [-0.2, -0.15) is 0 Å². The van der Waals surface area contributed by atoms with E-state index in [1.807, 2.05) is 27.7 Å². The molecule has 0 heterocycles. The lowest BCUT2D eigenvalue weighted by Gasteiger charge is -2.35. The summed E-state index contributed by atoms with van der Waals surface area (Å²) in [6.45, 7) is 13.5. The van der Waals surface area contributed by atoms with Crippen molar-refractivity contribution in [2.45, 2.75) is 72.7 Å². The molecule has 0 aliphatic carbocycles. The highest BCUT2D eigenvalue weighted by molar-refractivity contribution is 7.64. The van der Waals surface area contributed by atoms with E-state index >= 15 is 0 Å². The first-order valence-electron chi connectivity index (χ1n) is 8.50. The fourth-order valence-electron chi connectivity index (χ4n) is 2.26. The highest BCUT2D eigenvalue weighted by atomic mass is 31.2. The van der Waals surface area contributed by atoms with E-state index in [9.17, 15) is 4.57 Å². The van der Waals surface area contributed by atoms with Gasteiger partial charge in [-0.3, -0.25) is 0 Å². The van der Waals surface area contributed by atoms with Crippen molar-refractivity contribution in [3.63, 3.8) is 0 Å². The third-order valence-electron chi connectivity index (χ3n) is 3.75. The van der Waals surface area contributed by atoms with Crippen molar-refractivity contribution in [1.29, 1.82) is 0 Å². The third kappa shape index (κ3) is 6.53. The Balaban J connectivity index is 5.16. The normalized spacial score (nSPS) is 14.4. The molecule has 1 unspecified atom stereocenters. The van der Waals surface area contributed by atoms with Crippen molar-refractivity contribution in [3.8, 4) is 0 Å². The Kier molecular flexibility index (Phi) is 11.1. The molecule has 0 saturated heterocycles. The molecule has 0 aromatic heterocycles. The highest BCUT2D eigenvalue weighted by Crippen LogP contribution is 2.52. The SMILES string of the molecule is CCCO[Si](CC)(OCCC)OC(CC)P(=O)(CC)CC. The Morgan fingerprint density at radius 3 is 1.67 bits per heavy atom. The summed E-state index contributed by atoms with van der Waals surface area (Å²) >= 11 is 0. The summed E-state index contributed by atoms with van der Waals surface area (Å²) < 4.78 is 31.4. The standard InChI is InChI=1S/C15H35O4PSi/c1-7-13-17-21(12-6,18-14-8-2)19-15(9-3)20(16,10-4)11-5/h15H,7-14H2,1-6H3. The van der Waals surface area contributed by atoms with Crippen molar-refractivity contribution in [2.24, 2.45) is 0 Å². The topological polar surface area (TPSA) is 44.8 Å². The molecule has 0 spiro atoms. The lowest BCUT2D eigenvalue weighted by molar-refractivity contribution is 0.0482. The quantitative estimate of drug-likeness (QED) is 0.352. The molecule has 6 heteroatoms. The first-order chi connectivity index (χ1) is 9.97. The minimum atomic E-state index is -2.71. The minimum absolute atomic E-state index is 0.229. The van der Waals surface area contributed by atoms with Gasteiger partial charge in [-0.05, 0) is 19.3 Å². The molecule has 0 N–H and O–H groups in total. The number of hydrogen-bond acceptors (Lipinski definition) is 4. The minimum Gasteiger partial charge on any atom is -0.373 e. The predicted octanol–water partition coefficient (Wildman–Crippen LogP) is 4.95. The van der Waals surface area contributed by atoms with E-state index in [0.717, 1.165) is 25.3 Å². The van der Waals surface area contributed by atoms with Gasteiger partial charge in [0.2, 0.25) is 0 Å². The van der Waals surface area contributed by atoms with Crippen molar-refractivity contribution < 1.29 is 17.8 Å². The average molecular weight is 339 g/mol. The van der Waals surface area contributed by atoms with Gasteiger partial charge in [0, 0.05) is 31.6 Å². The second kappa shape index (κ2) is 11.0. The maximum Gasteiger partial charge on any atom is 0.501 e. The van der Waals surface area contributed by atoms with Crippen LogP contribution in [0.25, 0.3) is 0 Å². The maximum absolute atomic E-state index is 13.0. The van der Waals surface area contributed by atoms with Crippen molar-refractivity contribution in [2.75, 3.05) is 25.5 Å². The molecule has 21 heavy (non-hydrogen) atoms. The molecule has 0 amide bonds. The summed E-state index contributed by atoms with van der Waals surface area (Å²) in [5.74, 6) is -0.229. The summed E-state index contributed by atoms with van der Waals surface area (Å²) in [7, 11) is -5.02. The zero-order chi connectivity index (χ0) is 16.4. The fraction of sp³-hybridized carbons (Fsp3) is 1.00. The van der Waals surface area contributed by atoms with Gasteiger partial charge in [-0.15, -0.1) is 0 Å². The molecule has 128 valence electrons. The summed E-state index contributed by atoms with van der Waals surface area (Å²) in [6.07, 6.45) is 3.97. The Hall–Kier alpha value is 0.327. The Bertz CT molecular complexity index is 296. The van der Waals surface area contributed by atoms with Crippen LogP contribution < -0.4 is 0 Å². The molecule has 0 fully saturated rings. The van der Waals surface area contributed by atoms with Gasteiger partial charge < -0.3 is 17.8 Å². The van der Waals surface area contributed by atoms with Gasteiger partial charge in [0.25, 0.3) is 0 Å². The van der Waals surface area contributed by atoms with Crippen LogP contribution in [0.4, 0.5) is 0 Å². The second-order valence-electron chi connectivity index (χ2n) is 5.30. The van der Waals surface area contributed by atoms with Crippen LogP contribution in [0, 0.1) is 0 Å². The molecule has 0 aliphatic rings. The van der Waals surface area contributed by atoms with Gasteiger partial charge >= 0.3 is 8.80 Å². The molecule has 0 rings (SSSR count). The lowest BCUT2D eigenvalue weighted by Crippen LogP contribution is -2.48.